The summed E-state index contributed by atoms with van der Waals surface area (Å²) in [5.41, 5.74) is 2.69. The van der Waals surface area contributed by atoms with Gasteiger partial charge in [0.15, 0.2) is 0 Å². The molecule has 0 unspecified atom stereocenters. The number of imide groups is 1. The lowest BCUT2D eigenvalue weighted by Crippen LogP contribution is -2.19. The van der Waals surface area contributed by atoms with Crippen LogP contribution in [0.1, 0.15) is 26.3 Å². The number of ether oxygens (including phenoxy) is 1. The van der Waals surface area contributed by atoms with E-state index in [1.165, 1.54) is 0 Å². The van der Waals surface area contributed by atoms with E-state index in [9.17, 15) is 9.59 Å². The van der Waals surface area contributed by atoms with Crippen LogP contribution < -0.4 is 15.4 Å². The smallest absolute Gasteiger partial charge is 0.259 e. The molecule has 0 saturated heterocycles. The van der Waals surface area contributed by atoms with Gasteiger partial charge in [-0.05, 0) is 35.9 Å². The minimum Gasteiger partial charge on any atom is -0.497 e. The topological polar surface area (TPSA) is 67.4 Å². The van der Waals surface area contributed by atoms with Crippen molar-refractivity contribution < 1.29 is 14.3 Å². The molecule has 0 aromatic heterocycles. The monoisotopic (exact) mass is 282 g/mol. The number of carbonyl (C=O) groups excluding carboxylic acids is 2. The SMILES string of the molecule is COc1cccc(CNc2ccc3c(c2)C(=O)NC3=O)c1. The Hall–Kier alpha value is -2.82. The normalized spacial score (nSPS) is 12.8. The predicted molar refractivity (Wildman–Crippen MR) is 78.6 cm³/mol. The first-order valence-corrected chi connectivity index (χ1v) is 6.54. The second-order valence-corrected chi connectivity index (χ2v) is 4.75. The van der Waals surface area contributed by atoms with Crippen LogP contribution in [0.4, 0.5) is 5.69 Å². The van der Waals surface area contributed by atoms with E-state index in [0.717, 1.165) is 17.0 Å². The van der Waals surface area contributed by atoms with E-state index in [4.69, 9.17) is 4.74 Å². The standard InChI is InChI=1S/C16H14N2O3/c1-21-12-4-2-3-10(7-12)9-17-11-5-6-13-14(8-11)16(20)18-15(13)19/h2-8,17H,9H2,1H3,(H,18,19,20). The van der Waals surface area contributed by atoms with Crippen molar-refractivity contribution in [2.75, 3.05) is 12.4 Å². The van der Waals surface area contributed by atoms with E-state index in [0.29, 0.717) is 17.7 Å². The Morgan fingerprint density at radius 1 is 1.05 bits per heavy atom. The first kappa shape index (κ1) is 13.2. The van der Waals surface area contributed by atoms with Crippen LogP contribution >= 0.6 is 0 Å². The van der Waals surface area contributed by atoms with Crippen LogP contribution in [-0.2, 0) is 6.54 Å². The number of rotatable bonds is 4. The van der Waals surface area contributed by atoms with Crippen LogP contribution in [0.2, 0.25) is 0 Å². The van der Waals surface area contributed by atoms with Crippen molar-refractivity contribution in [2.45, 2.75) is 6.54 Å². The Kier molecular flexibility index (Phi) is 3.31. The van der Waals surface area contributed by atoms with Crippen LogP contribution in [0.5, 0.6) is 5.75 Å². The average molecular weight is 282 g/mol. The van der Waals surface area contributed by atoms with E-state index in [2.05, 4.69) is 10.6 Å². The Balaban J connectivity index is 1.75. The van der Waals surface area contributed by atoms with Gasteiger partial charge in [0.1, 0.15) is 5.75 Å². The Morgan fingerprint density at radius 3 is 2.67 bits per heavy atom. The van der Waals surface area contributed by atoms with Crippen molar-refractivity contribution in [2.24, 2.45) is 0 Å². The van der Waals surface area contributed by atoms with Crippen LogP contribution in [-0.4, -0.2) is 18.9 Å². The summed E-state index contributed by atoms with van der Waals surface area (Å²) in [4.78, 5) is 23.1. The summed E-state index contributed by atoms with van der Waals surface area (Å²) in [5.74, 6) is 0.114. The molecule has 0 aliphatic carbocycles. The molecule has 0 spiro atoms. The summed E-state index contributed by atoms with van der Waals surface area (Å²) >= 11 is 0. The van der Waals surface area contributed by atoms with Crippen molar-refractivity contribution >= 4 is 17.5 Å². The Morgan fingerprint density at radius 2 is 1.86 bits per heavy atom. The summed E-state index contributed by atoms with van der Waals surface area (Å²) in [5, 5.41) is 5.51. The van der Waals surface area contributed by atoms with Crippen molar-refractivity contribution in [3.05, 3.63) is 59.2 Å². The number of amides is 2. The van der Waals surface area contributed by atoms with Crippen LogP contribution in [0.15, 0.2) is 42.5 Å². The minimum atomic E-state index is -0.347. The van der Waals surface area contributed by atoms with Crippen molar-refractivity contribution in [1.82, 2.24) is 5.32 Å². The molecular weight excluding hydrogens is 268 g/mol. The largest absolute Gasteiger partial charge is 0.497 e. The maximum Gasteiger partial charge on any atom is 0.259 e. The molecule has 0 saturated carbocycles. The second kappa shape index (κ2) is 5.28. The summed E-state index contributed by atoms with van der Waals surface area (Å²) < 4.78 is 5.18. The average Bonchev–Trinajstić information content (AvgIpc) is 2.80. The van der Waals surface area contributed by atoms with E-state index in [1.807, 2.05) is 24.3 Å². The summed E-state index contributed by atoms with van der Waals surface area (Å²) in [7, 11) is 1.63. The molecule has 3 rings (SSSR count). The van der Waals surface area contributed by atoms with Gasteiger partial charge in [-0.2, -0.15) is 0 Å². The van der Waals surface area contributed by atoms with Crippen LogP contribution in [0, 0.1) is 0 Å². The highest BCUT2D eigenvalue weighted by molar-refractivity contribution is 6.21. The highest BCUT2D eigenvalue weighted by Gasteiger charge is 2.26. The maximum atomic E-state index is 11.6. The van der Waals surface area contributed by atoms with Crippen LogP contribution in [0.25, 0.3) is 0 Å². The number of methoxy groups -OCH3 is 1. The number of benzene rings is 2. The molecule has 2 amide bonds. The van der Waals surface area contributed by atoms with Crippen molar-refractivity contribution in [3.63, 3.8) is 0 Å². The van der Waals surface area contributed by atoms with Gasteiger partial charge < -0.3 is 10.1 Å². The van der Waals surface area contributed by atoms with Crippen LogP contribution in [0.3, 0.4) is 0 Å². The lowest BCUT2D eigenvalue weighted by atomic mass is 10.1. The fourth-order valence-corrected chi connectivity index (χ4v) is 2.26. The summed E-state index contributed by atoms with van der Waals surface area (Å²) in [6, 6.07) is 12.9. The number of carbonyl (C=O) groups is 2. The van der Waals surface area contributed by atoms with Gasteiger partial charge in [0, 0.05) is 12.2 Å². The number of fused-ring (bicyclic) bond motifs is 1. The van der Waals surface area contributed by atoms with Gasteiger partial charge in [-0.3, -0.25) is 14.9 Å². The van der Waals surface area contributed by atoms with Gasteiger partial charge in [-0.15, -0.1) is 0 Å². The maximum absolute atomic E-state index is 11.6. The highest BCUT2D eigenvalue weighted by Crippen LogP contribution is 2.21. The fourth-order valence-electron chi connectivity index (χ4n) is 2.26. The summed E-state index contributed by atoms with van der Waals surface area (Å²) in [6.07, 6.45) is 0. The molecule has 5 heteroatoms. The van der Waals surface area contributed by atoms with Gasteiger partial charge in [0.05, 0.1) is 18.2 Å². The number of hydrogen-bond donors (Lipinski definition) is 2. The molecular formula is C16H14N2O3. The lowest BCUT2D eigenvalue weighted by molar-refractivity contribution is 0.0879. The molecule has 2 N–H and O–H groups in total. The molecule has 106 valence electrons. The predicted octanol–water partition coefficient (Wildman–Crippen LogP) is 2.19. The molecule has 2 aromatic carbocycles. The molecule has 1 heterocycles. The quantitative estimate of drug-likeness (QED) is 0.844. The second-order valence-electron chi connectivity index (χ2n) is 4.75. The molecule has 0 radical (unpaired) electrons. The summed E-state index contributed by atoms with van der Waals surface area (Å²) in [6.45, 7) is 0.603. The zero-order chi connectivity index (χ0) is 14.8. The molecule has 1 aliphatic rings. The van der Waals surface area contributed by atoms with E-state index in [-0.39, 0.29) is 11.8 Å². The van der Waals surface area contributed by atoms with Gasteiger partial charge in [0.2, 0.25) is 0 Å². The van der Waals surface area contributed by atoms with E-state index >= 15 is 0 Å². The molecule has 5 nitrogen and oxygen atoms in total. The molecule has 0 bridgehead atoms. The first-order chi connectivity index (χ1) is 10.2. The highest BCUT2D eigenvalue weighted by atomic mass is 16.5. The minimum absolute atomic E-state index is 0.339. The molecule has 2 aromatic rings. The molecule has 21 heavy (non-hydrogen) atoms. The van der Waals surface area contributed by atoms with Gasteiger partial charge in [0.25, 0.3) is 11.8 Å². The van der Waals surface area contributed by atoms with Gasteiger partial charge >= 0.3 is 0 Å². The lowest BCUT2D eigenvalue weighted by Gasteiger charge is -2.08. The molecule has 0 fully saturated rings. The van der Waals surface area contributed by atoms with Crippen molar-refractivity contribution in [1.29, 1.82) is 0 Å². The van der Waals surface area contributed by atoms with E-state index in [1.54, 1.807) is 25.3 Å². The van der Waals surface area contributed by atoms with Crippen molar-refractivity contribution in [3.8, 4) is 5.75 Å². The zero-order valence-corrected chi connectivity index (χ0v) is 11.5. The first-order valence-electron chi connectivity index (χ1n) is 6.54. The molecule has 1 aliphatic heterocycles. The fraction of sp³-hybridized carbons (Fsp3) is 0.125. The van der Waals surface area contributed by atoms with Gasteiger partial charge in [-0.1, -0.05) is 12.1 Å². The number of anilines is 1. The van der Waals surface area contributed by atoms with E-state index < -0.39 is 0 Å². The third-order valence-electron chi connectivity index (χ3n) is 3.37. The number of nitrogens with one attached hydrogen (secondary N) is 2. The number of hydrogen-bond acceptors (Lipinski definition) is 4. The molecule has 0 atom stereocenters. The Labute approximate surface area is 121 Å². The third-order valence-corrected chi connectivity index (χ3v) is 3.37. The zero-order valence-electron chi connectivity index (χ0n) is 11.5. The Bertz CT molecular complexity index is 725. The third kappa shape index (κ3) is 2.58. The van der Waals surface area contributed by atoms with Gasteiger partial charge in [-0.25, -0.2) is 0 Å².